The molecule has 4 atom stereocenters. The maximum atomic E-state index is 11.9. The van der Waals surface area contributed by atoms with Crippen molar-refractivity contribution in [2.24, 2.45) is 16.7 Å². The van der Waals surface area contributed by atoms with Crippen LogP contribution in [-0.4, -0.2) is 29.9 Å². The third-order valence-electron chi connectivity index (χ3n) is 9.00. The summed E-state index contributed by atoms with van der Waals surface area (Å²) in [5.41, 5.74) is 2.34. The highest BCUT2D eigenvalue weighted by molar-refractivity contribution is 5.67. The summed E-state index contributed by atoms with van der Waals surface area (Å²) < 4.78 is 11.4. The summed E-state index contributed by atoms with van der Waals surface area (Å²) in [4.78, 5) is 11.9. The Morgan fingerprint density at radius 3 is 2.63 bits per heavy atom. The van der Waals surface area contributed by atoms with Gasteiger partial charge in [-0.1, -0.05) is 13.0 Å². The average Bonchev–Trinajstić information content (AvgIpc) is 3.02. The zero-order valence-electron chi connectivity index (χ0n) is 16.6. The van der Waals surface area contributed by atoms with Crippen molar-refractivity contribution < 1.29 is 19.4 Å². The fourth-order valence-corrected chi connectivity index (χ4v) is 7.92. The number of aryl methyl sites for hydroxylation is 1. The van der Waals surface area contributed by atoms with Gasteiger partial charge in [0.25, 0.3) is 0 Å². The minimum Gasteiger partial charge on any atom is -0.497 e. The van der Waals surface area contributed by atoms with Crippen LogP contribution in [0.25, 0.3) is 0 Å². The molecule has 3 fully saturated rings. The molecule has 3 saturated carbocycles. The van der Waals surface area contributed by atoms with Gasteiger partial charge >= 0.3 is 5.97 Å². The number of benzene rings is 1. The monoisotopic (exact) mass is 370 g/mol. The lowest BCUT2D eigenvalue weighted by Crippen LogP contribution is -2.57. The molecule has 0 saturated heterocycles. The van der Waals surface area contributed by atoms with Crippen LogP contribution in [0.4, 0.5) is 0 Å². The predicted octanol–water partition coefficient (Wildman–Crippen LogP) is 3.99. The van der Waals surface area contributed by atoms with Crippen molar-refractivity contribution in [3.05, 3.63) is 29.3 Å². The first kappa shape index (κ1) is 17.5. The molecule has 4 aliphatic rings. The highest BCUT2D eigenvalue weighted by Crippen LogP contribution is 2.78. The summed E-state index contributed by atoms with van der Waals surface area (Å²) in [5.74, 6) is 1.38. The van der Waals surface area contributed by atoms with Gasteiger partial charge in [0.15, 0.2) is 0 Å². The highest BCUT2D eigenvalue weighted by Gasteiger charge is 2.76. The van der Waals surface area contributed by atoms with E-state index in [0.717, 1.165) is 50.7 Å². The minimum absolute atomic E-state index is 0.115. The lowest BCUT2D eigenvalue weighted by molar-refractivity contribution is -0.181. The van der Waals surface area contributed by atoms with Crippen LogP contribution in [-0.2, 0) is 16.0 Å². The van der Waals surface area contributed by atoms with E-state index in [1.807, 2.05) is 6.07 Å². The predicted molar refractivity (Wildman–Crippen MR) is 102 cm³/mol. The maximum absolute atomic E-state index is 11.9. The molecule has 27 heavy (non-hydrogen) atoms. The summed E-state index contributed by atoms with van der Waals surface area (Å²) in [6.45, 7) is 3.83. The molecule has 0 aromatic heterocycles. The standard InChI is InChI=1S/C23H30O4/c1-14(24)27-23-10-8-22(9-11-23)18-7-4-15-12-16(26-3)5-6-17(15)20(18)19(25)13-21(22,23)2/h5-6,12,18-20,25H,4,7-11,13H2,1-3H3/t18-,19+,20-,21+,22?,23?/m1/s1. The number of esters is 1. The number of aliphatic hydroxyl groups is 1. The molecule has 0 aliphatic heterocycles. The van der Waals surface area contributed by atoms with Crippen molar-refractivity contribution in [3.63, 3.8) is 0 Å². The van der Waals surface area contributed by atoms with Crippen LogP contribution in [0.5, 0.6) is 5.75 Å². The van der Waals surface area contributed by atoms with Crippen molar-refractivity contribution in [1.29, 1.82) is 0 Å². The van der Waals surface area contributed by atoms with E-state index in [1.165, 1.54) is 18.1 Å². The number of rotatable bonds is 2. The normalized spacial score (nSPS) is 44.2. The van der Waals surface area contributed by atoms with E-state index in [-0.39, 0.29) is 34.4 Å². The van der Waals surface area contributed by atoms with Crippen LogP contribution in [0.1, 0.15) is 69.4 Å². The molecule has 4 nitrogen and oxygen atoms in total. The third kappa shape index (κ3) is 2.00. The van der Waals surface area contributed by atoms with Crippen LogP contribution in [0.2, 0.25) is 0 Å². The minimum atomic E-state index is -0.383. The van der Waals surface area contributed by atoms with E-state index in [4.69, 9.17) is 9.47 Å². The highest BCUT2D eigenvalue weighted by atomic mass is 16.6. The topological polar surface area (TPSA) is 55.8 Å². The Balaban J connectivity index is 1.59. The summed E-state index contributed by atoms with van der Waals surface area (Å²) in [6, 6.07) is 6.36. The molecule has 146 valence electrons. The summed E-state index contributed by atoms with van der Waals surface area (Å²) in [6.07, 6.45) is 6.64. The van der Waals surface area contributed by atoms with Gasteiger partial charge in [-0.05, 0) is 79.5 Å². The van der Waals surface area contributed by atoms with E-state index >= 15 is 0 Å². The summed E-state index contributed by atoms with van der Waals surface area (Å²) >= 11 is 0. The molecule has 4 heteroatoms. The molecule has 1 N–H and O–H groups in total. The van der Waals surface area contributed by atoms with Crippen molar-refractivity contribution in [1.82, 2.24) is 0 Å². The Bertz CT molecular complexity index is 792. The smallest absolute Gasteiger partial charge is 0.303 e. The maximum Gasteiger partial charge on any atom is 0.303 e. The Kier molecular flexibility index (Phi) is 3.57. The first-order chi connectivity index (χ1) is 12.9. The number of carbonyl (C=O) groups is 1. The van der Waals surface area contributed by atoms with Crippen LogP contribution < -0.4 is 4.74 Å². The molecule has 0 heterocycles. The van der Waals surface area contributed by atoms with Crippen LogP contribution in [0.15, 0.2) is 18.2 Å². The van der Waals surface area contributed by atoms with E-state index in [1.54, 1.807) is 7.11 Å². The molecule has 4 aliphatic carbocycles. The lowest BCUT2D eigenvalue weighted by Gasteiger charge is -2.58. The lowest BCUT2D eigenvalue weighted by atomic mass is 9.47. The van der Waals surface area contributed by atoms with Crippen LogP contribution >= 0.6 is 0 Å². The summed E-state index contributed by atoms with van der Waals surface area (Å²) in [5, 5.41) is 11.3. The second-order valence-electron chi connectivity index (χ2n) is 9.58. The SMILES string of the molecule is COc1ccc2c(c1)CC[C@@H]1[C@@H]2[C@@H](O)C[C@]2(C)C3(OC(C)=O)CCC12CC3. The molecular formula is C23H30O4. The van der Waals surface area contributed by atoms with Gasteiger partial charge in [-0.3, -0.25) is 4.79 Å². The van der Waals surface area contributed by atoms with Crippen LogP contribution in [0.3, 0.4) is 0 Å². The van der Waals surface area contributed by atoms with Gasteiger partial charge in [-0.2, -0.15) is 0 Å². The second kappa shape index (κ2) is 5.50. The quantitative estimate of drug-likeness (QED) is 0.800. The first-order valence-corrected chi connectivity index (χ1v) is 10.4. The molecule has 0 amide bonds. The van der Waals surface area contributed by atoms with Gasteiger partial charge in [-0.25, -0.2) is 0 Å². The van der Waals surface area contributed by atoms with Crippen molar-refractivity contribution in [2.75, 3.05) is 7.11 Å². The second-order valence-corrected chi connectivity index (χ2v) is 9.58. The van der Waals surface area contributed by atoms with Crippen molar-refractivity contribution >= 4 is 5.97 Å². The van der Waals surface area contributed by atoms with E-state index in [0.29, 0.717) is 5.92 Å². The Morgan fingerprint density at radius 2 is 1.96 bits per heavy atom. The molecule has 0 spiro atoms. The largest absolute Gasteiger partial charge is 0.497 e. The molecule has 2 bridgehead atoms. The number of carbonyl (C=O) groups excluding carboxylic acids is 1. The van der Waals surface area contributed by atoms with Gasteiger partial charge in [0.1, 0.15) is 11.4 Å². The Hall–Kier alpha value is -1.55. The van der Waals surface area contributed by atoms with Crippen LogP contribution in [0, 0.1) is 16.7 Å². The van der Waals surface area contributed by atoms with Crippen molar-refractivity contribution in [2.45, 2.75) is 76.4 Å². The van der Waals surface area contributed by atoms with E-state index in [9.17, 15) is 9.90 Å². The molecule has 1 aromatic carbocycles. The third-order valence-corrected chi connectivity index (χ3v) is 9.00. The molecule has 1 aromatic rings. The number of methoxy groups -OCH3 is 1. The summed E-state index contributed by atoms with van der Waals surface area (Å²) in [7, 11) is 1.71. The number of aliphatic hydroxyl groups excluding tert-OH is 1. The number of hydrogen-bond acceptors (Lipinski definition) is 4. The Morgan fingerprint density at radius 1 is 1.22 bits per heavy atom. The first-order valence-electron chi connectivity index (χ1n) is 10.4. The van der Waals surface area contributed by atoms with Gasteiger partial charge in [-0.15, -0.1) is 0 Å². The van der Waals surface area contributed by atoms with E-state index in [2.05, 4.69) is 19.1 Å². The zero-order chi connectivity index (χ0) is 19.0. The molecular weight excluding hydrogens is 340 g/mol. The molecule has 5 rings (SSSR count). The number of ether oxygens (including phenoxy) is 2. The average molecular weight is 370 g/mol. The Labute approximate surface area is 161 Å². The van der Waals surface area contributed by atoms with E-state index < -0.39 is 0 Å². The number of hydrogen-bond donors (Lipinski definition) is 1. The van der Waals surface area contributed by atoms with Gasteiger partial charge in [0, 0.05) is 18.3 Å². The number of fused-ring (bicyclic) bond motifs is 3. The fraction of sp³-hybridized carbons (Fsp3) is 0.696. The molecule has 0 unspecified atom stereocenters. The van der Waals surface area contributed by atoms with Gasteiger partial charge < -0.3 is 14.6 Å². The van der Waals surface area contributed by atoms with Crippen molar-refractivity contribution in [3.8, 4) is 5.75 Å². The van der Waals surface area contributed by atoms with Gasteiger partial charge in [0.05, 0.1) is 13.2 Å². The van der Waals surface area contributed by atoms with Gasteiger partial charge in [0.2, 0.25) is 0 Å². The zero-order valence-corrected chi connectivity index (χ0v) is 16.6. The fourth-order valence-electron chi connectivity index (χ4n) is 7.92. The molecule has 0 radical (unpaired) electrons.